The predicted molar refractivity (Wildman–Crippen MR) is 95.0 cm³/mol. The summed E-state index contributed by atoms with van der Waals surface area (Å²) in [6.07, 6.45) is 3.99. The minimum atomic E-state index is -0.693. The Morgan fingerprint density at radius 2 is 1.88 bits per heavy atom. The second-order valence-electron chi connectivity index (χ2n) is 5.74. The van der Waals surface area contributed by atoms with Gasteiger partial charge in [0, 0.05) is 36.0 Å². The fraction of sp³-hybridized carbons (Fsp3) is 0.0556. The normalized spacial score (nSPS) is 11.0. The van der Waals surface area contributed by atoms with Crippen LogP contribution in [0.4, 0.5) is 26.2 Å². The van der Waals surface area contributed by atoms with E-state index in [1.165, 1.54) is 0 Å². The van der Waals surface area contributed by atoms with Crippen molar-refractivity contribution in [3.8, 4) is 0 Å². The number of H-pyrrole nitrogens is 1. The molecule has 4 N–H and O–H groups in total. The van der Waals surface area contributed by atoms with Crippen molar-refractivity contribution in [2.24, 2.45) is 0 Å². The second kappa shape index (κ2) is 6.40. The van der Waals surface area contributed by atoms with Crippen LogP contribution in [0.1, 0.15) is 11.4 Å². The van der Waals surface area contributed by atoms with E-state index in [2.05, 4.69) is 25.3 Å². The number of hydrogen-bond donors (Lipinski definition) is 3. The summed E-state index contributed by atoms with van der Waals surface area (Å²) in [5.41, 5.74) is 7.89. The van der Waals surface area contributed by atoms with Crippen molar-refractivity contribution in [2.45, 2.75) is 6.42 Å². The van der Waals surface area contributed by atoms with E-state index in [-0.39, 0.29) is 17.5 Å². The molecule has 0 saturated heterocycles. The van der Waals surface area contributed by atoms with Gasteiger partial charge in [0.2, 0.25) is 5.95 Å². The highest BCUT2D eigenvalue weighted by molar-refractivity contribution is 5.92. The zero-order valence-corrected chi connectivity index (χ0v) is 13.5. The van der Waals surface area contributed by atoms with E-state index < -0.39 is 11.6 Å². The quantitative estimate of drug-likeness (QED) is 0.522. The number of benzene rings is 2. The third kappa shape index (κ3) is 3.16. The number of rotatable bonds is 4. The van der Waals surface area contributed by atoms with Gasteiger partial charge in [-0.05, 0) is 23.8 Å². The maximum Gasteiger partial charge on any atom is 0.229 e. The fourth-order valence-corrected chi connectivity index (χ4v) is 2.82. The first-order valence-corrected chi connectivity index (χ1v) is 7.85. The van der Waals surface area contributed by atoms with Crippen molar-refractivity contribution in [2.75, 3.05) is 11.1 Å². The predicted octanol–water partition coefficient (Wildman–Crippen LogP) is 3.55. The van der Waals surface area contributed by atoms with Crippen LogP contribution >= 0.6 is 0 Å². The molecule has 0 radical (unpaired) electrons. The smallest absolute Gasteiger partial charge is 0.229 e. The van der Waals surface area contributed by atoms with E-state index in [1.807, 2.05) is 12.1 Å². The number of aromatic nitrogens is 4. The number of fused-ring (bicyclic) bond motifs is 1. The Kier molecular flexibility index (Phi) is 3.92. The van der Waals surface area contributed by atoms with E-state index >= 15 is 0 Å². The molecule has 2 heterocycles. The average Bonchev–Trinajstić information content (AvgIpc) is 3.06. The summed E-state index contributed by atoms with van der Waals surface area (Å²) in [7, 11) is 0. The first kappa shape index (κ1) is 15.9. The lowest BCUT2D eigenvalue weighted by molar-refractivity contribution is 0.584. The highest BCUT2D eigenvalue weighted by Gasteiger charge is 2.12. The van der Waals surface area contributed by atoms with Crippen molar-refractivity contribution in [3.05, 3.63) is 71.8 Å². The molecular formula is C18H14F2N6. The van der Waals surface area contributed by atoms with Gasteiger partial charge in [0.1, 0.15) is 23.3 Å². The topological polar surface area (TPSA) is 92.5 Å². The lowest BCUT2D eigenvalue weighted by atomic mass is 10.1. The maximum absolute atomic E-state index is 13.3. The molecule has 8 heteroatoms. The lowest BCUT2D eigenvalue weighted by Crippen LogP contribution is -2.04. The monoisotopic (exact) mass is 352 g/mol. The SMILES string of the molecule is Nc1nc(Nc2cc(F)cc(F)c2)nc2cccc(Cc3ncc[nH]3)c12. The average molecular weight is 352 g/mol. The lowest BCUT2D eigenvalue weighted by Gasteiger charge is -2.11. The Labute approximate surface area is 147 Å². The number of nitrogens with one attached hydrogen (secondary N) is 2. The summed E-state index contributed by atoms with van der Waals surface area (Å²) < 4.78 is 26.7. The molecule has 26 heavy (non-hydrogen) atoms. The molecule has 0 fully saturated rings. The summed E-state index contributed by atoms with van der Waals surface area (Å²) in [5, 5.41) is 3.50. The largest absolute Gasteiger partial charge is 0.383 e. The first-order chi connectivity index (χ1) is 12.6. The van der Waals surface area contributed by atoms with E-state index in [4.69, 9.17) is 5.73 Å². The number of nitrogen functional groups attached to an aromatic ring is 1. The number of anilines is 3. The molecular weight excluding hydrogens is 338 g/mol. The van der Waals surface area contributed by atoms with Gasteiger partial charge in [0.15, 0.2) is 0 Å². The fourth-order valence-electron chi connectivity index (χ4n) is 2.82. The van der Waals surface area contributed by atoms with Gasteiger partial charge in [0.05, 0.1) is 5.52 Å². The van der Waals surface area contributed by atoms with Crippen LogP contribution in [0, 0.1) is 11.6 Å². The van der Waals surface area contributed by atoms with Gasteiger partial charge in [-0.2, -0.15) is 4.98 Å². The minimum Gasteiger partial charge on any atom is -0.383 e. The van der Waals surface area contributed by atoms with Gasteiger partial charge in [-0.25, -0.2) is 18.7 Å². The zero-order chi connectivity index (χ0) is 18.1. The summed E-state index contributed by atoms with van der Waals surface area (Å²) in [4.78, 5) is 15.9. The molecule has 0 aliphatic carbocycles. The van der Waals surface area contributed by atoms with Gasteiger partial charge in [-0.15, -0.1) is 0 Å². The number of nitrogens with two attached hydrogens (primary N) is 1. The summed E-state index contributed by atoms with van der Waals surface area (Å²) in [5.74, 6) is -0.148. The van der Waals surface area contributed by atoms with E-state index in [0.717, 1.165) is 35.0 Å². The molecule has 0 bridgehead atoms. The van der Waals surface area contributed by atoms with Crippen LogP contribution in [0.2, 0.25) is 0 Å². The molecule has 4 aromatic rings. The van der Waals surface area contributed by atoms with Crippen LogP contribution in [-0.2, 0) is 6.42 Å². The molecule has 0 aliphatic heterocycles. The van der Waals surface area contributed by atoms with Gasteiger partial charge < -0.3 is 16.0 Å². The van der Waals surface area contributed by atoms with Crippen LogP contribution in [0.5, 0.6) is 0 Å². The summed E-state index contributed by atoms with van der Waals surface area (Å²) in [6.45, 7) is 0. The Morgan fingerprint density at radius 1 is 1.08 bits per heavy atom. The van der Waals surface area contributed by atoms with Crippen molar-refractivity contribution in [1.82, 2.24) is 19.9 Å². The van der Waals surface area contributed by atoms with Crippen LogP contribution in [0.15, 0.2) is 48.8 Å². The van der Waals surface area contributed by atoms with Gasteiger partial charge in [0.25, 0.3) is 0 Å². The van der Waals surface area contributed by atoms with E-state index in [9.17, 15) is 8.78 Å². The molecule has 0 saturated carbocycles. The van der Waals surface area contributed by atoms with E-state index in [1.54, 1.807) is 18.5 Å². The molecule has 2 aromatic heterocycles. The Morgan fingerprint density at radius 3 is 2.62 bits per heavy atom. The van der Waals surface area contributed by atoms with Crippen molar-refractivity contribution in [1.29, 1.82) is 0 Å². The van der Waals surface area contributed by atoms with Crippen LogP contribution in [0.3, 0.4) is 0 Å². The first-order valence-electron chi connectivity index (χ1n) is 7.85. The van der Waals surface area contributed by atoms with Crippen molar-refractivity contribution >= 4 is 28.4 Å². The van der Waals surface area contributed by atoms with Crippen LogP contribution in [-0.4, -0.2) is 19.9 Å². The highest BCUT2D eigenvalue weighted by Crippen LogP contribution is 2.26. The number of imidazole rings is 1. The number of halogens is 2. The Hall–Kier alpha value is -3.55. The molecule has 2 aromatic carbocycles. The molecule has 130 valence electrons. The zero-order valence-electron chi connectivity index (χ0n) is 13.5. The summed E-state index contributed by atoms with van der Waals surface area (Å²) >= 11 is 0. The molecule has 4 rings (SSSR count). The molecule has 0 unspecified atom stereocenters. The summed E-state index contributed by atoms with van der Waals surface area (Å²) in [6, 6.07) is 8.69. The van der Waals surface area contributed by atoms with Crippen molar-refractivity contribution in [3.63, 3.8) is 0 Å². The van der Waals surface area contributed by atoms with E-state index in [0.29, 0.717) is 11.9 Å². The Bertz CT molecular complexity index is 1060. The molecule has 0 spiro atoms. The highest BCUT2D eigenvalue weighted by atomic mass is 19.1. The van der Waals surface area contributed by atoms with Crippen LogP contribution < -0.4 is 11.1 Å². The third-order valence-electron chi connectivity index (χ3n) is 3.87. The maximum atomic E-state index is 13.3. The number of aromatic amines is 1. The molecule has 0 aliphatic rings. The van der Waals surface area contributed by atoms with Gasteiger partial charge >= 0.3 is 0 Å². The Balaban J connectivity index is 1.72. The minimum absolute atomic E-state index is 0.162. The van der Waals surface area contributed by atoms with Crippen molar-refractivity contribution < 1.29 is 8.78 Å². The molecule has 6 nitrogen and oxygen atoms in total. The molecule has 0 amide bonds. The van der Waals surface area contributed by atoms with Gasteiger partial charge in [-0.1, -0.05) is 12.1 Å². The molecule has 0 atom stereocenters. The number of hydrogen-bond acceptors (Lipinski definition) is 5. The standard InChI is InChI=1S/C18H14F2N6/c19-11-7-12(20)9-13(8-11)24-18-25-14-3-1-2-10(16(14)17(21)26-18)6-15-22-4-5-23-15/h1-5,7-9H,6H2,(H,22,23)(H3,21,24,25,26). The van der Waals surface area contributed by atoms with Crippen LogP contribution in [0.25, 0.3) is 10.9 Å². The van der Waals surface area contributed by atoms with Gasteiger partial charge in [-0.3, -0.25) is 0 Å². The third-order valence-corrected chi connectivity index (χ3v) is 3.87. The second-order valence-corrected chi connectivity index (χ2v) is 5.74. The number of nitrogens with zero attached hydrogens (tertiary/aromatic N) is 3.